The molecule has 0 fully saturated rings. The maximum Gasteiger partial charge on any atom is 0.244 e. The highest BCUT2D eigenvalue weighted by molar-refractivity contribution is 5.36. The quantitative estimate of drug-likeness (QED) is 0.745. The summed E-state index contributed by atoms with van der Waals surface area (Å²) in [6, 6.07) is 0.318. The van der Waals surface area contributed by atoms with Crippen LogP contribution in [0.4, 0.5) is 11.8 Å². The van der Waals surface area contributed by atoms with Crippen LogP contribution in [0, 0.1) is 0 Å². The lowest BCUT2D eigenvalue weighted by Gasteiger charge is -2.08. The molecule has 0 aliphatic rings. The van der Waals surface area contributed by atoms with E-state index in [1.54, 1.807) is 6.20 Å². The fourth-order valence-corrected chi connectivity index (χ4v) is 0.961. The smallest absolute Gasteiger partial charge is 0.244 e. The van der Waals surface area contributed by atoms with E-state index < -0.39 is 0 Å². The summed E-state index contributed by atoms with van der Waals surface area (Å²) in [6.07, 6.45) is 2.69. The van der Waals surface area contributed by atoms with Crippen LogP contribution in [-0.2, 0) is 0 Å². The monoisotopic (exact) mass is 195 g/mol. The molecule has 0 aliphatic heterocycles. The Bertz CT molecular complexity index is 274. The van der Waals surface area contributed by atoms with Crippen LogP contribution in [0.25, 0.3) is 0 Å². The van der Waals surface area contributed by atoms with Crippen molar-refractivity contribution < 1.29 is 0 Å². The molecule has 5 nitrogen and oxygen atoms in total. The second kappa shape index (κ2) is 5.36. The zero-order chi connectivity index (χ0) is 10.4. The molecule has 1 aromatic rings. The third-order valence-electron chi connectivity index (χ3n) is 1.53. The molecule has 1 aromatic heterocycles. The maximum absolute atomic E-state index is 4.25. The highest BCUT2D eigenvalue weighted by atomic mass is 15.3. The van der Waals surface area contributed by atoms with Crippen molar-refractivity contribution in [1.29, 1.82) is 0 Å². The number of aromatic nitrogens is 3. The van der Waals surface area contributed by atoms with Gasteiger partial charge in [0.2, 0.25) is 5.95 Å². The van der Waals surface area contributed by atoms with E-state index in [1.165, 1.54) is 0 Å². The zero-order valence-corrected chi connectivity index (χ0v) is 8.91. The van der Waals surface area contributed by atoms with Gasteiger partial charge in [-0.05, 0) is 20.3 Å². The number of rotatable bonds is 5. The van der Waals surface area contributed by atoms with Crippen molar-refractivity contribution in [2.24, 2.45) is 0 Å². The molecular formula is C9H17N5. The molecule has 0 saturated heterocycles. The van der Waals surface area contributed by atoms with Crippen LogP contribution in [0.2, 0.25) is 0 Å². The summed E-state index contributed by atoms with van der Waals surface area (Å²) in [5.74, 6) is 1.34. The first-order chi connectivity index (χ1) is 6.72. The summed E-state index contributed by atoms with van der Waals surface area (Å²) >= 11 is 0. The minimum absolute atomic E-state index is 0.318. The Labute approximate surface area is 84.3 Å². The zero-order valence-electron chi connectivity index (χ0n) is 8.91. The summed E-state index contributed by atoms with van der Waals surface area (Å²) < 4.78 is 0. The number of nitrogens with zero attached hydrogens (tertiary/aromatic N) is 3. The van der Waals surface area contributed by atoms with Crippen LogP contribution in [0.1, 0.15) is 27.2 Å². The van der Waals surface area contributed by atoms with Crippen molar-refractivity contribution in [2.75, 3.05) is 17.2 Å². The standard InChI is InChI=1S/C9H17N5/c1-4-5-10-8-6-11-14-9(13-8)12-7(2)3/h6-7H,4-5H2,1-3H3,(H2,10,12,13,14). The van der Waals surface area contributed by atoms with Gasteiger partial charge in [0.15, 0.2) is 0 Å². The van der Waals surface area contributed by atoms with Gasteiger partial charge < -0.3 is 10.6 Å². The van der Waals surface area contributed by atoms with Crippen molar-refractivity contribution in [3.05, 3.63) is 6.20 Å². The SMILES string of the molecule is CCCNc1cnnc(NC(C)C)n1. The molecule has 1 rings (SSSR count). The number of hydrogen-bond donors (Lipinski definition) is 2. The van der Waals surface area contributed by atoms with Crippen molar-refractivity contribution in [3.8, 4) is 0 Å². The Morgan fingerprint density at radius 2 is 2.21 bits per heavy atom. The molecule has 0 bridgehead atoms. The molecule has 2 N–H and O–H groups in total. The molecule has 5 heteroatoms. The normalized spacial score (nSPS) is 10.3. The van der Waals surface area contributed by atoms with E-state index in [0.29, 0.717) is 12.0 Å². The fourth-order valence-electron chi connectivity index (χ4n) is 0.961. The summed E-state index contributed by atoms with van der Waals surface area (Å²) in [6.45, 7) is 7.08. The average molecular weight is 195 g/mol. The molecule has 0 unspecified atom stereocenters. The molecule has 1 heterocycles. The number of hydrogen-bond acceptors (Lipinski definition) is 5. The first-order valence-electron chi connectivity index (χ1n) is 4.92. The maximum atomic E-state index is 4.25. The Morgan fingerprint density at radius 1 is 1.43 bits per heavy atom. The van der Waals surface area contributed by atoms with Crippen molar-refractivity contribution >= 4 is 11.8 Å². The Morgan fingerprint density at radius 3 is 2.86 bits per heavy atom. The minimum atomic E-state index is 0.318. The molecule has 14 heavy (non-hydrogen) atoms. The minimum Gasteiger partial charge on any atom is -0.369 e. The molecule has 0 spiro atoms. The van der Waals surface area contributed by atoms with E-state index in [9.17, 15) is 0 Å². The Hall–Kier alpha value is -1.39. The predicted octanol–water partition coefficient (Wildman–Crippen LogP) is 1.51. The highest BCUT2D eigenvalue weighted by Gasteiger charge is 2.00. The van der Waals surface area contributed by atoms with Crippen LogP contribution in [-0.4, -0.2) is 27.8 Å². The van der Waals surface area contributed by atoms with Gasteiger partial charge in [-0.25, -0.2) is 0 Å². The predicted molar refractivity (Wildman–Crippen MR) is 57.4 cm³/mol. The van der Waals surface area contributed by atoms with Crippen LogP contribution in [0.5, 0.6) is 0 Å². The number of nitrogens with one attached hydrogen (secondary N) is 2. The molecule has 0 aromatic carbocycles. The molecule has 0 amide bonds. The Kier molecular flexibility index (Phi) is 4.10. The van der Waals surface area contributed by atoms with Gasteiger partial charge >= 0.3 is 0 Å². The van der Waals surface area contributed by atoms with Crippen molar-refractivity contribution in [3.63, 3.8) is 0 Å². The lowest BCUT2D eigenvalue weighted by Crippen LogP contribution is -2.14. The molecule has 0 atom stereocenters. The van der Waals surface area contributed by atoms with E-state index in [2.05, 4.69) is 32.7 Å². The van der Waals surface area contributed by atoms with Crippen LogP contribution in [0.15, 0.2) is 6.20 Å². The molecule has 0 saturated carbocycles. The van der Waals surface area contributed by atoms with Crippen molar-refractivity contribution in [2.45, 2.75) is 33.2 Å². The summed E-state index contributed by atoms with van der Waals surface area (Å²) in [5.41, 5.74) is 0. The summed E-state index contributed by atoms with van der Waals surface area (Å²) in [7, 11) is 0. The van der Waals surface area contributed by atoms with E-state index in [4.69, 9.17) is 0 Å². The number of anilines is 2. The first kappa shape index (κ1) is 10.7. The van der Waals surface area contributed by atoms with Crippen LogP contribution < -0.4 is 10.6 Å². The van der Waals surface area contributed by atoms with Gasteiger partial charge in [-0.1, -0.05) is 6.92 Å². The van der Waals surface area contributed by atoms with Crippen LogP contribution in [0.3, 0.4) is 0 Å². The topological polar surface area (TPSA) is 62.7 Å². The van der Waals surface area contributed by atoms with Gasteiger partial charge in [0.1, 0.15) is 5.82 Å². The van der Waals surface area contributed by atoms with Gasteiger partial charge in [-0.15, -0.1) is 5.10 Å². The molecule has 78 valence electrons. The molecule has 0 aliphatic carbocycles. The third kappa shape index (κ3) is 3.55. The third-order valence-corrected chi connectivity index (χ3v) is 1.53. The van der Waals surface area contributed by atoms with E-state index >= 15 is 0 Å². The van der Waals surface area contributed by atoms with Crippen LogP contribution >= 0.6 is 0 Å². The highest BCUT2D eigenvalue weighted by Crippen LogP contribution is 2.04. The largest absolute Gasteiger partial charge is 0.369 e. The second-order valence-electron chi connectivity index (χ2n) is 3.39. The molecule has 0 radical (unpaired) electrons. The first-order valence-corrected chi connectivity index (χ1v) is 4.92. The van der Waals surface area contributed by atoms with Gasteiger partial charge in [0.25, 0.3) is 0 Å². The van der Waals surface area contributed by atoms with Gasteiger partial charge in [0.05, 0.1) is 6.20 Å². The fraction of sp³-hybridized carbons (Fsp3) is 0.667. The van der Waals surface area contributed by atoms with E-state index in [0.717, 1.165) is 18.8 Å². The lowest BCUT2D eigenvalue weighted by atomic mass is 10.4. The Balaban J connectivity index is 2.59. The van der Waals surface area contributed by atoms with Gasteiger partial charge in [-0.3, -0.25) is 0 Å². The second-order valence-corrected chi connectivity index (χ2v) is 3.39. The molecular weight excluding hydrogens is 178 g/mol. The van der Waals surface area contributed by atoms with E-state index in [-0.39, 0.29) is 0 Å². The average Bonchev–Trinajstić information content (AvgIpc) is 2.14. The van der Waals surface area contributed by atoms with Gasteiger partial charge in [-0.2, -0.15) is 10.1 Å². The summed E-state index contributed by atoms with van der Waals surface area (Å²) in [5, 5.41) is 14.0. The van der Waals surface area contributed by atoms with Gasteiger partial charge in [0, 0.05) is 12.6 Å². The lowest BCUT2D eigenvalue weighted by molar-refractivity contribution is 0.848. The van der Waals surface area contributed by atoms with Crippen molar-refractivity contribution in [1.82, 2.24) is 15.2 Å². The van der Waals surface area contributed by atoms with E-state index in [1.807, 2.05) is 13.8 Å². The summed E-state index contributed by atoms with van der Waals surface area (Å²) in [4.78, 5) is 4.25.